The SMILES string of the molecule is COC(=O)c1cnc(NC(=O)CCSc2ccc(Cl)cc2)s1. The predicted octanol–water partition coefficient (Wildman–Crippen LogP) is 3.70. The third kappa shape index (κ3) is 5.01. The number of carbonyl (C=O) groups is 2. The van der Waals surface area contributed by atoms with Gasteiger partial charge in [-0.2, -0.15) is 0 Å². The van der Waals surface area contributed by atoms with Gasteiger partial charge in [0.1, 0.15) is 4.88 Å². The van der Waals surface area contributed by atoms with E-state index >= 15 is 0 Å². The average molecular weight is 357 g/mol. The first-order valence-electron chi connectivity index (χ1n) is 6.31. The van der Waals surface area contributed by atoms with Gasteiger partial charge in [0.15, 0.2) is 5.13 Å². The zero-order valence-electron chi connectivity index (χ0n) is 11.7. The molecule has 1 aromatic heterocycles. The standard InChI is InChI=1S/C14H13ClN2O3S2/c1-20-13(19)11-8-16-14(22-11)17-12(18)6-7-21-10-4-2-9(15)3-5-10/h2-5,8H,6-7H2,1H3,(H,16,17,18). The van der Waals surface area contributed by atoms with Crippen molar-refractivity contribution in [1.29, 1.82) is 0 Å². The minimum atomic E-state index is -0.462. The molecule has 1 aromatic carbocycles. The lowest BCUT2D eigenvalue weighted by Gasteiger charge is -2.02. The first kappa shape index (κ1) is 16.8. The minimum absolute atomic E-state index is 0.146. The Hall–Kier alpha value is -1.57. The van der Waals surface area contributed by atoms with Gasteiger partial charge >= 0.3 is 5.97 Å². The Kier molecular flexibility index (Phi) is 6.23. The molecule has 2 rings (SSSR count). The van der Waals surface area contributed by atoms with Gasteiger partial charge in [0.2, 0.25) is 5.91 Å². The van der Waals surface area contributed by atoms with Gasteiger partial charge in [-0.25, -0.2) is 9.78 Å². The summed E-state index contributed by atoms with van der Waals surface area (Å²) in [6.07, 6.45) is 1.73. The Balaban J connectivity index is 1.77. The van der Waals surface area contributed by atoms with Crippen LogP contribution in [0, 0.1) is 0 Å². The number of halogens is 1. The molecule has 0 fully saturated rings. The summed E-state index contributed by atoms with van der Waals surface area (Å²) in [7, 11) is 1.30. The molecular formula is C14H13ClN2O3S2. The summed E-state index contributed by atoms with van der Waals surface area (Å²) in [5.41, 5.74) is 0. The predicted molar refractivity (Wildman–Crippen MR) is 88.9 cm³/mol. The molecule has 1 amide bonds. The maximum absolute atomic E-state index is 11.8. The Bertz CT molecular complexity index is 658. The van der Waals surface area contributed by atoms with Gasteiger partial charge in [0, 0.05) is 22.1 Å². The van der Waals surface area contributed by atoms with Crippen molar-refractivity contribution in [2.24, 2.45) is 0 Å². The van der Waals surface area contributed by atoms with E-state index in [2.05, 4.69) is 15.0 Å². The van der Waals surface area contributed by atoms with Crippen LogP contribution in [0.25, 0.3) is 0 Å². The number of hydrogen-bond donors (Lipinski definition) is 1. The number of rotatable bonds is 6. The van der Waals surface area contributed by atoms with Gasteiger partial charge < -0.3 is 10.1 Å². The lowest BCUT2D eigenvalue weighted by molar-refractivity contribution is -0.115. The van der Waals surface area contributed by atoms with E-state index in [0.29, 0.717) is 27.2 Å². The highest BCUT2D eigenvalue weighted by Crippen LogP contribution is 2.22. The van der Waals surface area contributed by atoms with Crippen LogP contribution >= 0.6 is 34.7 Å². The number of ether oxygens (including phenoxy) is 1. The highest BCUT2D eigenvalue weighted by molar-refractivity contribution is 7.99. The number of aromatic nitrogens is 1. The van der Waals surface area contributed by atoms with Gasteiger partial charge in [0.25, 0.3) is 0 Å². The van der Waals surface area contributed by atoms with Gasteiger partial charge in [-0.1, -0.05) is 22.9 Å². The monoisotopic (exact) mass is 356 g/mol. The molecule has 116 valence electrons. The second kappa shape index (κ2) is 8.17. The third-order valence-corrected chi connectivity index (χ3v) is 4.71. The van der Waals surface area contributed by atoms with Gasteiger partial charge in [-0.3, -0.25) is 4.79 Å². The number of amides is 1. The van der Waals surface area contributed by atoms with Gasteiger partial charge in [-0.05, 0) is 24.3 Å². The molecule has 1 heterocycles. The summed E-state index contributed by atoms with van der Waals surface area (Å²) >= 11 is 8.47. The number of thioether (sulfide) groups is 1. The molecule has 0 aliphatic heterocycles. The van der Waals surface area contributed by atoms with Crippen LogP contribution in [0.4, 0.5) is 5.13 Å². The molecule has 0 bridgehead atoms. The number of methoxy groups -OCH3 is 1. The van der Waals surface area contributed by atoms with Crippen molar-refractivity contribution in [2.75, 3.05) is 18.2 Å². The second-order valence-electron chi connectivity index (χ2n) is 4.12. The van der Waals surface area contributed by atoms with Crippen LogP contribution in [-0.2, 0) is 9.53 Å². The maximum Gasteiger partial charge on any atom is 0.349 e. The Labute approximate surface area is 141 Å². The molecule has 0 saturated carbocycles. The number of anilines is 1. The molecule has 0 aliphatic carbocycles. The Morgan fingerprint density at radius 2 is 2.09 bits per heavy atom. The molecule has 2 aromatic rings. The van der Waals surface area contributed by atoms with Crippen LogP contribution < -0.4 is 5.32 Å². The molecule has 0 unspecified atom stereocenters. The average Bonchev–Trinajstić information content (AvgIpc) is 2.97. The minimum Gasteiger partial charge on any atom is -0.465 e. The fourth-order valence-electron chi connectivity index (χ4n) is 1.50. The molecule has 0 atom stereocenters. The van der Waals surface area contributed by atoms with Crippen molar-refractivity contribution in [1.82, 2.24) is 4.98 Å². The van der Waals surface area contributed by atoms with Crippen molar-refractivity contribution < 1.29 is 14.3 Å². The highest BCUT2D eigenvalue weighted by atomic mass is 35.5. The van der Waals surface area contributed by atoms with Crippen molar-refractivity contribution in [3.63, 3.8) is 0 Å². The van der Waals surface area contributed by atoms with E-state index in [1.807, 2.05) is 24.3 Å². The van der Waals surface area contributed by atoms with Crippen LogP contribution in [-0.4, -0.2) is 29.7 Å². The van der Waals surface area contributed by atoms with Crippen LogP contribution in [0.2, 0.25) is 5.02 Å². The zero-order valence-corrected chi connectivity index (χ0v) is 14.1. The molecule has 0 radical (unpaired) electrons. The fraction of sp³-hybridized carbons (Fsp3) is 0.214. The van der Waals surface area contributed by atoms with E-state index < -0.39 is 5.97 Å². The van der Waals surface area contributed by atoms with E-state index in [4.69, 9.17) is 11.6 Å². The number of nitrogens with one attached hydrogen (secondary N) is 1. The largest absolute Gasteiger partial charge is 0.465 e. The van der Waals surface area contributed by atoms with Crippen molar-refractivity contribution in [3.05, 3.63) is 40.4 Å². The number of esters is 1. The van der Waals surface area contributed by atoms with E-state index in [-0.39, 0.29) is 5.91 Å². The Morgan fingerprint density at radius 1 is 1.36 bits per heavy atom. The molecule has 0 spiro atoms. The number of hydrogen-bond acceptors (Lipinski definition) is 6. The number of nitrogens with zero attached hydrogens (tertiary/aromatic N) is 1. The summed E-state index contributed by atoms with van der Waals surface area (Å²) < 4.78 is 4.58. The normalized spacial score (nSPS) is 10.3. The van der Waals surface area contributed by atoms with E-state index in [1.165, 1.54) is 13.3 Å². The Morgan fingerprint density at radius 3 is 2.77 bits per heavy atom. The number of carbonyl (C=O) groups excluding carboxylic acids is 2. The molecule has 0 saturated heterocycles. The van der Waals surface area contributed by atoms with Gasteiger partial charge in [-0.15, -0.1) is 11.8 Å². The summed E-state index contributed by atoms with van der Waals surface area (Å²) in [6, 6.07) is 7.45. The molecule has 1 N–H and O–H groups in total. The van der Waals surface area contributed by atoms with Crippen LogP contribution in [0.5, 0.6) is 0 Å². The van der Waals surface area contributed by atoms with Crippen molar-refractivity contribution in [3.8, 4) is 0 Å². The third-order valence-electron chi connectivity index (χ3n) is 2.55. The number of thiazole rings is 1. The summed E-state index contributed by atoms with van der Waals surface area (Å²) in [4.78, 5) is 28.5. The highest BCUT2D eigenvalue weighted by Gasteiger charge is 2.12. The topological polar surface area (TPSA) is 68.3 Å². The van der Waals surface area contributed by atoms with E-state index in [0.717, 1.165) is 16.2 Å². The smallest absolute Gasteiger partial charge is 0.349 e. The van der Waals surface area contributed by atoms with Crippen molar-refractivity contribution in [2.45, 2.75) is 11.3 Å². The van der Waals surface area contributed by atoms with E-state index in [1.54, 1.807) is 11.8 Å². The summed E-state index contributed by atoms with van der Waals surface area (Å²) in [5.74, 6) is 0.0337. The van der Waals surface area contributed by atoms with Crippen LogP contribution in [0.3, 0.4) is 0 Å². The van der Waals surface area contributed by atoms with E-state index in [9.17, 15) is 9.59 Å². The summed E-state index contributed by atoms with van der Waals surface area (Å²) in [5, 5.41) is 3.74. The summed E-state index contributed by atoms with van der Waals surface area (Å²) in [6.45, 7) is 0. The first-order chi connectivity index (χ1) is 10.6. The molecule has 8 heteroatoms. The van der Waals surface area contributed by atoms with Crippen molar-refractivity contribution >= 4 is 51.7 Å². The zero-order chi connectivity index (χ0) is 15.9. The molecule has 0 aliphatic rings. The lowest BCUT2D eigenvalue weighted by atomic mass is 10.4. The maximum atomic E-state index is 11.8. The molecular weight excluding hydrogens is 344 g/mol. The van der Waals surface area contributed by atoms with Crippen LogP contribution in [0.1, 0.15) is 16.1 Å². The van der Waals surface area contributed by atoms with Crippen LogP contribution in [0.15, 0.2) is 35.4 Å². The fourth-order valence-corrected chi connectivity index (χ4v) is 3.23. The molecule has 22 heavy (non-hydrogen) atoms. The molecule has 5 nitrogen and oxygen atoms in total. The second-order valence-corrected chi connectivity index (χ2v) is 6.76. The van der Waals surface area contributed by atoms with Gasteiger partial charge in [0.05, 0.1) is 13.3 Å². The lowest BCUT2D eigenvalue weighted by Crippen LogP contribution is -2.11. The number of benzene rings is 1. The first-order valence-corrected chi connectivity index (χ1v) is 8.49. The quantitative estimate of drug-likeness (QED) is 0.631.